The van der Waals surface area contributed by atoms with E-state index in [1.165, 1.54) is 12.1 Å². The number of nitrogens with zero attached hydrogens (tertiary/aromatic N) is 2. The molecule has 1 aromatic heterocycles. The van der Waals surface area contributed by atoms with Gasteiger partial charge in [-0.05, 0) is 30.2 Å². The smallest absolute Gasteiger partial charge is 0.251 e. The van der Waals surface area contributed by atoms with Crippen molar-refractivity contribution >= 4 is 11.6 Å². The fraction of sp³-hybridized carbons (Fsp3) is 0.231. The fourth-order valence-electron chi connectivity index (χ4n) is 1.77. The van der Waals surface area contributed by atoms with Gasteiger partial charge in [-0.15, -0.1) is 0 Å². The van der Waals surface area contributed by atoms with E-state index in [0.29, 0.717) is 13.0 Å². The van der Waals surface area contributed by atoms with Crippen LogP contribution in [0.3, 0.4) is 0 Å². The summed E-state index contributed by atoms with van der Waals surface area (Å²) in [7, 11) is 1.83. The molecule has 0 aliphatic carbocycles. The molecule has 0 atom stereocenters. The van der Waals surface area contributed by atoms with Crippen LogP contribution in [0.2, 0.25) is 0 Å². The van der Waals surface area contributed by atoms with E-state index >= 15 is 0 Å². The highest BCUT2D eigenvalue weighted by Gasteiger charge is 2.07. The molecule has 2 aromatic rings. The third-order valence-electron chi connectivity index (χ3n) is 2.64. The van der Waals surface area contributed by atoms with Crippen LogP contribution >= 0.6 is 0 Å². The zero-order valence-corrected chi connectivity index (χ0v) is 10.6. The van der Waals surface area contributed by atoms with E-state index in [9.17, 15) is 9.18 Å². The normalized spacial score (nSPS) is 10.4. The number of nitrogens with one attached hydrogen (secondary N) is 1. The zero-order chi connectivity index (χ0) is 13.8. The number of carbonyl (C=O) groups is 1. The Balaban J connectivity index is 1.90. The zero-order valence-electron chi connectivity index (χ0n) is 10.6. The molecule has 1 aromatic carbocycles. The molecule has 0 radical (unpaired) electrons. The van der Waals surface area contributed by atoms with Crippen LogP contribution in [0, 0.1) is 5.82 Å². The second kappa shape index (κ2) is 5.51. The monoisotopic (exact) mass is 262 g/mol. The molecule has 0 aliphatic heterocycles. The Kier molecular flexibility index (Phi) is 3.79. The van der Waals surface area contributed by atoms with Crippen molar-refractivity contribution in [1.29, 1.82) is 0 Å². The number of anilines is 1. The van der Waals surface area contributed by atoms with Gasteiger partial charge < -0.3 is 11.1 Å². The SMILES string of the molecule is Cn1cc(CCNC(=O)c2cc(N)cc(F)c2)cn1. The van der Waals surface area contributed by atoms with Crippen LogP contribution < -0.4 is 11.1 Å². The molecule has 0 spiro atoms. The number of halogens is 1. The number of aromatic nitrogens is 2. The summed E-state index contributed by atoms with van der Waals surface area (Å²) in [6, 6.07) is 3.78. The minimum absolute atomic E-state index is 0.226. The molecule has 0 bridgehead atoms. The number of aryl methyl sites for hydroxylation is 1. The lowest BCUT2D eigenvalue weighted by Gasteiger charge is -2.05. The third-order valence-corrected chi connectivity index (χ3v) is 2.64. The molecule has 0 fully saturated rings. The number of benzene rings is 1. The first-order chi connectivity index (χ1) is 9.04. The minimum Gasteiger partial charge on any atom is -0.399 e. The molecule has 1 amide bonds. The highest BCUT2D eigenvalue weighted by Crippen LogP contribution is 2.10. The van der Waals surface area contributed by atoms with Gasteiger partial charge in [0.05, 0.1) is 6.20 Å². The van der Waals surface area contributed by atoms with Crippen molar-refractivity contribution < 1.29 is 9.18 Å². The maximum Gasteiger partial charge on any atom is 0.251 e. The number of carbonyl (C=O) groups excluding carboxylic acids is 1. The van der Waals surface area contributed by atoms with E-state index in [4.69, 9.17) is 5.73 Å². The third kappa shape index (κ3) is 3.54. The predicted molar refractivity (Wildman–Crippen MR) is 70.1 cm³/mol. The Morgan fingerprint density at radius 3 is 2.89 bits per heavy atom. The van der Waals surface area contributed by atoms with Crippen molar-refractivity contribution in [3.63, 3.8) is 0 Å². The maximum absolute atomic E-state index is 13.1. The van der Waals surface area contributed by atoms with Crippen LogP contribution in [0.4, 0.5) is 10.1 Å². The summed E-state index contributed by atoms with van der Waals surface area (Å²) in [5.74, 6) is -0.854. The number of nitrogen functional groups attached to an aromatic ring is 1. The van der Waals surface area contributed by atoms with Crippen molar-refractivity contribution in [1.82, 2.24) is 15.1 Å². The van der Waals surface area contributed by atoms with E-state index < -0.39 is 5.82 Å². The van der Waals surface area contributed by atoms with Crippen LogP contribution in [0.5, 0.6) is 0 Å². The van der Waals surface area contributed by atoms with Crippen LogP contribution in [0.15, 0.2) is 30.6 Å². The summed E-state index contributed by atoms with van der Waals surface area (Å²) >= 11 is 0. The number of nitrogens with two attached hydrogens (primary N) is 1. The summed E-state index contributed by atoms with van der Waals surface area (Å²) in [5.41, 5.74) is 6.98. The van der Waals surface area contributed by atoms with Gasteiger partial charge in [-0.1, -0.05) is 0 Å². The summed E-state index contributed by atoms with van der Waals surface area (Å²) in [4.78, 5) is 11.8. The molecule has 0 saturated heterocycles. The molecule has 3 N–H and O–H groups in total. The average molecular weight is 262 g/mol. The van der Waals surface area contributed by atoms with Crippen molar-refractivity contribution in [2.75, 3.05) is 12.3 Å². The topological polar surface area (TPSA) is 72.9 Å². The highest BCUT2D eigenvalue weighted by atomic mass is 19.1. The number of rotatable bonds is 4. The summed E-state index contributed by atoms with van der Waals surface area (Å²) in [6.07, 6.45) is 4.29. The molecule has 0 saturated carbocycles. The largest absolute Gasteiger partial charge is 0.399 e. The van der Waals surface area contributed by atoms with Crippen molar-refractivity contribution in [3.8, 4) is 0 Å². The molecular formula is C13H15FN4O. The Hall–Kier alpha value is -2.37. The van der Waals surface area contributed by atoms with Gasteiger partial charge in [-0.25, -0.2) is 4.39 Å². The Labute approximate surface area is 110 Å². The number of hydrogen-bond acceptors (Lipinski definition) is 3. The van der Waals surface area contributed by atoms with Crippen LogP contribution in [0.1, 0.15) is 15.9 Å². The van der Waals surface area contributed by atoms with Crippen LogP contribution in [0.25, 0.3) is 0 Å². The van der Waals surface area contributed by atoms with Crippen LogP contribution in [-0.4, -0.2) is 22.2 Å². The summed E-state index contributed by atoms with van der Waals surface area (Å²) in [6.45, 7) is 0.459. The second-order valence-corrected chi connectivity index (χ2v) is 4.30. The van der Waals surface area contributed by atoms with E-state index in [1.54, 1.807) is 10.9 Å². The van der Waals surface area contributed by atoms with Crippen molar-refractivity contribution in [2.45, 2.75) is 6.42 Å². The molecule has 19 heavy (non-hydrogen) atoms. The molecule has 5 nitrogen and oxygen atoms in total. The Morgan fingerprint density at radius 2 is 2.26 bits per heavy atom. The first-order valence-corrected chi connectivity index (χ1v) is 5.86. The summed E-state index contributed by atoms with van der Waals surface area (Å²) < 4.78 is 14.8. The van der Waals surface area contributed by atoms with Gasteiger partial charge in [0, 0.05) is 31.0 Å². The average Bonchev–Trinajstić information content (AvgIpc) is 2.73. The fourth-order valence-corrected chi connectivity index (χ4v) is 1.77. The highest BCUT2D eigenvalue weighted by molar-refractivity contribution is 5.95. The van der Waals surface area contributed by atoms with Gasteiger partial charge in [-0.2, -0.15) is 5.10 Å². The van der Waals surface area contributed by atoms with E-state index in [-0.39, 0.29) is 17.2 Å². The van der Waals surface area contributed by atoms with Gasteiger partial charge in [-0.3, -0.25) is 9.48 Å². The number of hydrogen-bond donors (Lipinski definition) is 2. The Bertz CT molecular complexity index is 574. The first-order valence-electron chi connectivity index (χ1n) is 5.86. The summed E-state index contributed by atoms with van der Waals surface area (Å²) in [5, 5.41) is 6.75. The van der Waals surface area contributed by atoms with Crippen molar-refractivity contribution in [2.24, 2.45) is 7.05 Å². The lowest BCUT2D eigenvalue weighted by atomic mass is 10.1. The second-order valence-electron chi connectivity index (χ2n) is 4.30. The standard InChI is InChI=1S/C13H15FN4O/c1-18-8-9(7-17-18)2-3-16-13(19)10-4-11(14)6-12(15)5-10/h4-8H,2-3,15H2,1H3,(H,16,19). The Morgan fingerprint density at radius 1 is 1.47 bits per heavy atom. The van der Waals surface area contributed by atoms with E-state index in [2.05, 4.69) is 10.4 Å². The van der Waals surface area contributed by atoms with E-state index in [1.807, 2.05) is 13.2 Å². The van der Waals surface area contributed by atoms with Gasteiger partial charge >= 0.3 is 0 Å². The van der Waals surface area contributed by atoms with Gasteiger partial charge in [0.25, 0.3) is 5.91 Å². The maximum atomic E-state index is 13.1. The predicted octanol–water partition coefficient (Wildman–Crippen LogP) is 1.11. The van der Waals surface area contributed by atoms with Gasteiger partial charge in [0.1, 0.15) is 5.82 Å². The molecule has 0 aliphatic rings. The minimum atomic E-state index is -0.516. The quantitative estimate of drug-likeness (QED) is 0.811. The number of amides is 1. The van der Waals surface area contributed by atoms with Gasteiger partial charge in [0.15, 0.2) is 0 Å². The lowest BCUT2D eigenvalue weighted by Crippen LogP contribution is -2.25. The van der Waals surface area contributed by atoms with Gasteiger partial charge in [0.2, 0.25) is 0 Å². The first kappa shape index (κ1) is 13.1. The molecular weight excluding hydrogens is 247 g/mol. The van der Waals surface area contributed by atoms with E-state index in [0.717, 1.165) is 11.6 Å². The lowest BCUT2D eigenvalue weighted by molar-refractivity contribution is 0.0953. The molecule has 6 heteroatoms. The molecule has 100 valence electrons. The van der Waals surface area contributed by atoms with Crippen molar-refractivity contribution in [3.05, 3.63) is 47.5 Å². The molecule has 2 rings (SSSR count). The van der Waals surface area contributed by atoms with Crippen LogP contribution in [-0.2, 0) is 13.5 Å². The molecule has 0 unspecified atom stereocenters. The molecule has 1 heterocycles.